The van der Waals surface area contributed by atoms with Crippen LogP contribution >= 0.6 is 11.6 Å². The highest BCUT2D eigenvalue weighted by molar-refractivity contribution is 6.31. The number of aromatic amines is 1. The van der Waals surface area contributed by atoms with Gasteiger partial charge in [-0.1, -0.05) is 23.7 Å². The van der Waals surface area contributed by atoms with Crippen molar-refractivity contribution < 1.29 is 9.53 Å². The van der Waals surface area contributed by atoms with Crippen LogP contribution in [0.1, 0.15) is 21.9 Å². The number of aromatic nitrogens is 4. The number of amides is 1. The molecular formula is C18H20ClN5O2. The van der Waals surface area contributed by atoms with Gasteiger partial charge in [0.05, 0.1) is 35.8 Å². The first-order valence-corrected chi connectivity index (χ1v) is 8.55. The van der Waals surface area contributed by atoms with Crippen molar-refractivity contribution in [1.29, 1.82) is 0 Å². The first kappa shape index (κ1) is 18.0. The fraction of sp³-hybridized carbons (Fsp3) is 0.278. The molecule has 0 saturated carbocycles. The standard InChI is InChI=1S/C18H20ClN5O2/c1-11-17(19)12(2)24(23-11)8-7-20-18(25)16-10-15(21-22-16)13-5-4-6-14(9-13)26-3/h4-6,9-10H,7-8H2,1-3H3,(H,20,25)(H,21,22). The van der Waals surface area contributed by atoms with E-state index in [4.69, 9.17) is 16.3 Å². The molecule has 0 aliphatic heterocycles. The van der Waals surface area contributed by atoms with Gasteiger partial charge in [0.1, 0.15) is 11.4 Å². The zero-order valence-corrected chi connectivity index (χ0v) is 15.6. The Hall–Kier alpha value is -2.80. The Bertz CT molecular complexity index is 932. The fourth-order valence-corrected chi connectivity index (χ4v) is 2.77. The molecule has 136 valence electrons. The lowest BCUT2D eigenvalue weighted by Gasteiger charge is -2.05. The molecule has 0 unspecified atom stereocenters. The molecule has 0 bridgehead atoms. The lowest BCUT2D eigenvalue weighted by molar-refractivity contribution is 0.0947. The van der Waals surface area contributed by atoms with Crippen LogP contribution < -0.4 is 10.1 Å². The molecule has 3 rings (SSSR count). The number of halogens is 1. The molecule has 0 fully saturated rings. The maximum Gasteiger partial charge on any atom is 0.269 e. The van der Waals surface area contributed by atoms with Crippen LogP contribution in [0, 0.1) is 13.8 Å². The van der Waals surface area contributed by atoms with Crippen molar-refractivity contribution in [1.82, 2.24) is 25.3 Å². The monoisotopic (exact) mass is 373 g/mol. The highest BCUT2D eigenvalue weighted by atomic mass is 35.5. The first-order valence-electron chi connectivity index (χ1n) is 8.17. The third-order valence-corrected chi connectivity index (χ3v) is 4.64. The van der Waals surface area contributed by atoms with Crippen LogP contribution in [0.3, 0.4) is 0 Å². The van der Waals surface area contributed by atoms with Crippen LogP contribution in [-0.4, -0.2) is 39.5 Å². The van der Waals surface area contributed by atoms with Gasteiger partial charge in [-0.3, -0.25) is 14.6 Å². The predicted octanol–water partition coefficient (Wildman–Crippen LogP) is 2.98. The number of ether oxygens (including phenoxy) is 1. The molecule has 3 aromatic rings. The average Bonchev–Trinajstić information content (AvgIpc) is 3.24. The highest BCUT2D eigenvalue weighted by Crippen LogP contribution is 2.22. The van der Waals surface area contributed by atoms with E-state index in [1.807, 2.05) is 38.1 Å². The lowest BCUT2D eigenvalue weighted by atomic mass is 10.1. The number of rotatable bonds is 6. The van der Waals surface area contributed by atoms with E-state index >= 15 is 0 Å². The Balaban J connectivity index is 1.62. The van der Waals surface area contributed by atoms with Crippen molar-refractivity contribution >= 4 is 17.5 Å². The molecule has 2 heterocycles. The summed E-state index contributed by atoms with van der Waals surface area (Å²) in [5.74, 6) is 0.513. The van der Waals surface area contributed by atoms with Crippen LogP contribution in [-0.2, 0) is 6.54 Å². The van der Waals surface area contributed by atoms with Gasteiger partial charge in [-0.15, -0.1) is 0 Å². The SMILES string of the molecule is COc1cccc(-c2cc(C(=O)NCCn3nc(C)c(Cl)c3C)[nH]n2)c1. The smallest absolute Gasteiger partial charge is 0.269 e. The summed E-state index contributed by atoms with van der Waals surface area (Å²) < 4.78 is 6.99. The van der Waals surface area contributed by atoms with Crippen molar-refractivity contribution in [3.63, 3.8) is 0 Å². The summed E-state index contributed by atoms with van der Waals surface area (Å²) >= 11 is 6.13. The van der Waals surface area contributed by atoms with E-state index in [0.717, 1.165) is 22.7 Å². The summed E-state index contributed by atoms with van der Waals surface area (Å²) in [5, 5.41) is 14.8. The minimum absolute atomic E-state index is 0.223. The zero-order valence-electron chi connectivity index (χ0n) is 14.8. The van der Waals surface area contributed by atoms with E-state index in [2.05, 4.69) is 20.6 Å². The quantitative estimate of drug-likeness (QED) is 0.695. The zero-order chi connectivity index (χ0) is 18.7. The van der Waals surface area contributed by atoms with Gasteiger partial charge < -0.3 is 10.1 Å². The summed E-state index contributed by atoms with van der Waals surface area (Å²) in [7, 11) is 1.61. The van der Waals surface area contributed by atoms with Gasteiger partial charge in [-0.25, -0.2) is 0 Å². The highest BCUT2D eigenvalue weighted by Gasteiger charge is 2.12. The third kappa shape index (κ3) is 3.72. The second-order valence-electron chi connectivity index (χ2n) is 5.86. The van der Waals surface area contributed by atoms with Crippen molar-refractivity contribution in [3.05, 3.63) is 52.4 Å². The van der Waals surface area contributed by atoms with Crippen LogP contribution in [0.25, 0.3) is 11.3 Å². The second-order valence-corrected chi connectivity index (χ2v) is 6.24. The van der Waals surface area contributed by atoms with Gasteiger partial charge in [0, 0.05) is 12.1 Å². The number of aryl methyl sites for hydroxylation is 1. The number of carbonyl (C=O) groups is 1. The Labute approximate surface area is 156 Å². The molecule has 26 heavy (non-hydrogen) atoms. The fourth-order valence-electron chi connectivity index (χ4n) is 2.63. The maximum absolute atomic E-state index is 12.3. The van der Waals surface area contributed by atoms with Crippen molar-refractivity contribution in [2.45, 2.75) is 20.4 Å². The average molecular weight is 374 g/mol. The Morgan fingerprint density at radius 3 is 2.85 bits per heavy atom. The normalized spacial score (nSPS) is 10.8. The van der Waals surface area contributed by atoms with E-state index in [0.29, 0.717) is 29.5 Å². The Morgan fingerprint density at radius 2 is 2.15 bits per heavy atom. The first-order chi connectivity index (χ1) is 12.5. The summed E-state index contributed by atoms with van der Waals surface area (Å²) in [6, 6.07) is 9.22. The molecule has 2 aromatic heterocycles. The second kappa shape index (κ2) is 7.61. The molecule has 0 radical (unpaired) electrons. The van der Waals surface area contributed by atoms with Gasteiger partial charge in [0.15, 0.2) is 0 Å². The minimum atomic E-state index is -0.223. The molecule has 1 aromatic carbocycles. The topological polar surface area (TPSA) is 84.8 Å². The largest absolute Gasteiger partial charge is 0.497 e. The van der Waals surface area contributed by atoms with E-state index in [9.17, 15) is 4.79 Å². The van der Waals surface area contributed by atoms with Crippen LogP contribution in [0.2, 0.25) is 5.02 Å². The molecule has 1 amide bonds. The van der Waals surface area contributed by atoms with Gasteiger partial charge >= 0.3 is 0 Å². The summed E-state index contributed by atoms with van der Waals surface area (Å²) in [4.78, 5) is 12.3. The van der Waals surface area contributed by atoms with E-state index < -0.39 is 0 Å². The Morgan fingerprint density at radius 1 is 1.35 bits per heavy atom. The molecule has 7 nitrogen and oxygen atoms in total. The predicted molar refractivity (Wildman–Crippen MR) is 99.6 cm³/mol. The van der Waals surface area contributed by atoms with E-state index in [1.54, 1.807) is 17.9 Å². The van der Waals surface area contributed by atoms with Crippen molar-refractivity contribution in [2.75, 3.05) is 13.7 Å². The molecule has 0 aliphatic carbocycles. The van der Waals surface area contributed by atoms with Gasteiger partial charge in [-0.2, -0.15) is 10.2 Å². The van der Waals surface area contributed by atoms with E-state index in [-0.39, 0.29) is 5.91 Å². The number of carbonyl (C=O) groups excluding carboxylic acids is 1. The van der Waals surface area contributed by atoms with Gasteiger partial charge in [0.25, 0.3) is 5.91 Å². The minimum Gasteiger partial charge on any atom is -0.497 e. The van der Waals surface area contributed by atoms with Crippen LogP contribution in [0.5, 0.6) is 5.75 Å². The third-order valence-electron chi connectivity index (χ3n) is 4.09. The van der Waals surface area contributed by atoms with Crippen molar-refractivity contribution in [2.24, 2.45) is 0 Å². The maximum atomic E-state index is 12.3. The molecule has 0 saturated heterocycles. The van der Waals surface area contributed by atoms with Crippen LogP contribution in [0.15, 0.2) is 30.3 Å². The number of benzene rings is 1. The number of nitrogens with zero attached hydrogens (tertiary/aromatic N) is 3. The lowest BCUT2D eigenvalue weighted by Crippen LogP contribution is -2.28. The molecule has 2 N–H and O–H groups in total. The van der Waals surface area contributed by atoms with E-state index in [1.165, 1.54) is 0 Å². The Kier molecular flexibility index (Phi) is 5.27. The van der Waals surface area contributed by atoms with Gasteiger partial charge in [0.2, 0.25) is 0 Å². The molecule has 8 heteroatoms. The summed E-state index contributed by atoms with van der Waals surface area (Å²) in [6.45, 7) is 4.74. The number of H-pyrrole nitrogens is 1. The molecule has 0 spiro atoms. The number of methoxy groups -OCH3 is 1. The molecule has 0 aliphatic rings. The number of hydrogen-bond donors (Lipinski definition) is 2. The number of hydrogen-bond acceptors (Lipinski definition) is 4. The van der Waals surface area contributed by atoms with Crippen LogP contribution in [0.4, 0.5) is 0 Å². The summed E-state index contributed by atoms with van der Waals surface area (Å²) in [5.41, 5.74) is 3.62. The van der Waals surface area contributed by atoms with Gasteiger partial charge in [-0.05, 0) is 32.0 Å². The van der Waals surface area contributed by atoms with Crippen molar-refractivity contribution in [3.8, 4) is 17.0 Å². The molecular weight excluding hydrogens is 354 g/mol. The molecule has 0 atom stereocenters. The summed E-state index contributed by atoms with van der Waals surface area (Å²) in [6.07, 6.45) is 0. The number of nitrogens with one attached hydrogen (secondary N) is 2.